The van der Waals surface area contributed by atoms with Crippen LogP contribution in [0.4, 0.5) is 13.2 Å². The second-order valence-corrected chi connectivity index (χ2v) is 8.67. The number of hydrogen-bond donors (Lipinski definition) is 0. The van der Waals surface area contributed by atoms with Gasteiger partial charge in [0.2, 0.25) is 0 Å². The molecule has 2 heterocycles. The zero-order valence-corrected chi connectivity index (χ0v) is 17.8. The van der Waals surface area contributed by atoms with E-state index in [2.05, 4.69) is 0 Å². The van der Waals surface area contributed by atoms with Gasteiger partial charge < -0.3 is 9.47 Å². The summed E-state index contributed by atoms with van der Waals surface area (Å²) in [5.41, 5.74) is 3.14. The second kappa shape index (κ2) is 9.08. The summed E-state index contributed by atoms with van der Waals surface area (Å²) < 4.78 is 54.3. The molecule has 2 fully saturated rings. The van der Waals surface area contributed by atoms with E-state index in [1.807, 2.05) is 6.07 Å². The van der Waals surface area contributed by atoms with E-state index in [0.717, 1.165) is 38.0 Å². The van der Waals surface area contributed by atoms with Gasteiger partial charge in [0.25, 0.3) is 0 Å². The van der Waals surface area contributed by atoms with E-state index in [1.165, 1.54) is 6.42 Å². The van der Waals surface area contributed by atoms with Gasteiger partial charge in [0.15, 0.2) is 11.6 Å². The number of ether oxygens (including phenoxy) is 2. The second-order valence-electron chi connectivity index (χ2n) is 8.67. The molecule has 0 aromatic heterocycles. The van der Waals surface area contributed by atoms with E-state index in [4.69, 9.17) is 9.47 Å². The van der Waals surface area contributed by atoms with Crippen molar-refractivity contribution in [1.82, 2.24) is 0 Å². The summed E-state index contributed by atoms with van der Waals surface area (Å²) in [7, 11) is 0. The Labute approximate surface area is 186 Å². The topological polar surface area (TPSA) is 21.8 Å². The first-order chi connectivity index (χ1) is 15.6. The van der Waals surface area contributed by atoms with E-state index in [0.29, 0.717) is 29.2 Å². The van der Waals surface area contributed by atoms with Gasteiger partial charge in [-0.15, -0.1) is 0 Å². The molecule has 0 bridgehead atoms. The Balaban J connectivity index is 1.31. The van der Waals surface area contributed by atoms with E-state index in [-0.39, 0.29) is 23.0 Å². The fraction of sp³-hybridized carbons (Fsp3) is 0.333. The average molecular weight is 438 g/mol. The van der Waals surface area contributed by atoms with Crippen molar-refractivity contribution in [2.75, 3.05) is 19.8 Å². The minimum atomic E-state index is -0.885. The Hall–Kier alpha value is -2.63. The van der Waals surface area contributed by atoms with E-state index >= 15 is 0 Å². The number of hydrogen-bond acceptors (Lipinski definition) is 2. The molecule has 0 N–H and O–H groups in total. The van der Waals surface area contributed by atoms with Crippen LogP contribution in [-0.2, 0) is 15.9 Å². The van der Waals surface area contributed by atoms with Crippen LogP contribution in [0.25, 0.3) is 22.3 Å². The predicted octanol–water partition coefficient (Wildman–Crippen LogP) is 6.87. The van der Waals surface area contributed by atoms with Crippen LogP contribution >= 0.6 is 0 Å². The molecule has 2 saturated heterocycles. The number of aryl methyl sites for hydroxylation is 1. The van der Waals surface area contributed by atoms with Crippen LogP contribution in [0.5, 0.6) is 0 Å². The van der Waals surface area contributed by atoms with Crippen molar-refractivity contribution >= 4 is 0 Å². The van der Waals surface area contributed by atoms with Crippen molar-refractivity contribution in [3.63, 3.8) is 0 Å². The SMILES string of the molecule is Fc1cc(CCC2CCCOC2)ccc1-c1ccc(-c2ccc(C3CO3)c(F)c2F)cc1. The summed E-state index contributed by atoms with van der Waals surface area (Å²) in [5, 5.41) is 0. The molecular weight excluding hydrogens is 413 g/mol. The van der Waals surface area contributed by atoms with Crippen molar-refractivity contribution < 1.29 is 22.6 Å². The third kappa shape index (κ3) is 4.45. The Morgan fingerprint density at radius 2 is 1.53 bits per heavy atom. The fourth-order valence-corrected chi connectivity index (χ4v) is 4.45. The molecule has 3 aromatic rings. The highest BCUT2D eigenvalue weighted by atomic mass is 19.2. The summed E-state index contributed by atoms with van der Waals surface area (Å²) in [6.07, 6.45) is 3.76. The molecule has 32 heavy (non-hydrogen) atoms. The number of rotatable bonds is 6. The molecular formula is C27H25F3O2. The van der Waals surface area contributed by atoms with Crippen LogP contribution in [0.3, 0.4) is 0 Å². The Kier molecular flexibility index (Phi) is 6.03. The lowest BCUT2D eigenvalue weighted by Crippen LogP contribution is -2.17. The van der Waals surface area contributed by atoms with Crippen molar-refractivity contribution in [2.24, 2.45) is 5.92 Å². The van der Waals surface area contributed by atoms with Crippen LogP contribution in [0, 0.1) is 23.4 Å². The van der Waals surface area contributed by atoms with Crippen molar-refractivity contribution in [2.45, 2.75) is 31.8 Å². The maximum absolute atomic E-state index is 14.8. The first kappa shape index (κ1) is 21.2. The Bertz CT molecular complexity index is 1100. The Morgan fingerprint density at radius 1 is 0.812 bits per heavy atom. The first-order valence-corrected chi connectivity index (χ1v) is 11.2. The summed E-state index contributed by atoms with van der Waals surface area (Å²) in [6.45, 7) is 2.07. The number of benzene rings is 3. The monoisotopic (exact) mass is 438 g/mol. The molecule has 0 saturated carbocycles. The molecule has 0 spiro atoms. The lowest BCUT2D eigenvalue weighted by atomic mass is 9.93. The molecule has 5 rings (SSSR count). The molecule has 2 unspecified atom stereocenters. The van der Waals surface area contributed by atoms with Gasteiger partial charge in [-0.25, -0.2) is 13.2 Å². The number of halogens is 3. The van der Waals surface area contributed by atoms with Gasteiger partial charge in [-0.2, -0.15) is 0 Å². The molecule has 2 aliphatic rings. The molecule has 2 nitrogen and oxygen atoms in total. The van der Waals surface area contributed by atoms with Crippen LogP contribution < -0.4 is 0 Å². The maximum Gasteiger partial charge on any atom is 0.167 e. The van der Waals surface area contributed by atoms with Gasteiger partial charge in [-0.05, 0) is 54.4 Å². The zero-order chi connectivity index (χ0) is 22.1. The molecule has 2 aliphatic heterocycles. The largest absolute Gasteiger partial charge is 0.381 e. The predicted molar refractivity (Wildman–Crippen MR) is 118 cm³/mol. The highest BCUT2D eigenvalue weighted by Gasteiger charge is 2.30. The van der Waals surface area contributed by atoms with E-state index in [9.17, 15) is 13.2 Å². The van der Waals surface area contributed by atoms with Crippen molar-refractivity contribution in [3.8, 4) is 22.3 Å². The molecule has 0 amide bonds. The van der Waals surface area contributed by atoms with Gasteiger partial charge >= 0.3 is 0 Å². The lowest BCUT2D eigenvalue weighted by Gasteiger charge is -2.21. The van der Waals surface area contributed by atoms with Gasteiger partial charge in [0, 0.05) is 29.9 Å². The molecule has 166 valence electrons. The average Bonchev–Trinajstić information content (AvgIpc) is 3.66. The number of epoxide rings is 1. The van der Waals surface area contributed by atoms with Crippen LogP contribution in [-0.4, -0.2) is 19.8 Å². The van der Waals surface area contributed by atoms with Crippen LogP contribution in [0.2, 0.25) is 0 Å². The van der Waals surface area contributed by atoms with E-state index < -0.39 is 11.6 Å². The minimum Gasteiger partial charge on any atom is -0.381 e. The molecule has 3 aromatic carbocycles. The summed E-state index contributed by atoms with van der Waals surface area (Å²) >= 11 is 0. The standard InChI is InChI=1S/C27H25F3O2/c28-24-14-17(3-4-18-2-1-13-31-15-18)5-10-21(24)19-6-8-20(9-7-19)22-11-12-23(25-16-32-25)27(30)26(22)29/h5-12,14,18,25H,1-4,13,15-16H2. The quantitative estimate of drug-likeness (QED) is 0.392. The molecule has 0 radical (unpaired) electrons. The van der Waals surface area contributed by atoms with Crippen LogP contribution in [0.1, 0.15) is 36.5 Å². The van der Waals surface area contributed by atoms with Gasteiger partial charge in [0.05, 0.1) is 6.61 Å². The molecule has 0 aliphatic carbocycles. The first-order valence-electron chi connectivity index (χ1n) is 11.2. The summed E-state index contributed by atoms with van der Waals surface area (Å²) in [5.74, 6) is -1.48. The van der Waals surface area contributed by atoms with Crippen molar-refractivity contribution in [3.05, 3.63) is 83.2 Å². The highest BCUT2D eigenvalue weighted by molar-refractivity contribution is 5.71. The molecule has 2 atom stereocenters. The van der Waals surface area contributed by atoms with Gasteiger partial charge in [-0.1, -0.05) is 48.5 Å². The Morgan fingerprint density at radius 3 is 2.19 bits per heavy atom. The van der Waals surface area contributed by atoms with E-state index in [1.54, 1.807) is 48.5 Å². The van der Waals surface area contributed by atoms with Gasteiger partial charge in [0.1, 0.15) is 11.9 Å². The minimum absolute atomic E-state index is 0.181. The lowest BCUT2D eigenvalue weighted by molar-refractivity contribution is 0.0518. The third-order valence-electron chi connectivity index (χ3n) is 6.43. The van der Waals surface area contributed by atoms with Gasteiger partial charge in [-0.3, -0.25) is 0 Å². The normalized spacial score (nSPS) is 20.3. The summed E-state index contributed by atoms with van der Waals surface area (Å²) in [6, 6.07) is 15.3. The zero-order valence-electron chi connectivity index (χ0n) is 17.8. The van der Waals surface area contributed by atoms with Crippen LogP contribution in [0.15, 0.2) is 54.6 Å². The highest BCUT2D eigenvalue weighted by Crippen LogP contribution is 2.36. The summed E-state index contributed by atoms with van der Waals surface area (Å²) in [4.78, 5) is 0. The fourth-order valence-electron chi connectivity index (χ4n) is 4.45. The maximum atomic E-state index is 14.8. The molecule has 5 heteroatoms. The van der Waals surface area contributed by atoms with Crippen molar-refractivity contribution in [1.29, 1.82) is 0 Å². The third-order valence-corrected chi connectivity index (χ3v) is 6.43. The smallest absolute Gasteiger partial charge is 0.167 e.